The summed E-state index contributed by atoms with van der Waals surface area (Å²) in [5.74, 6) is -0.202. The highest BCUT2D eigenvalue weighted by Crippen LogP contribution is 2.67. The third-order valence-corrected chi connectivity index (χ3v) is 5.08. The Morgan fingerprint density at radius 1 is 1.10 bits per heavy atom. The Hall–Kier alpha value is 0.300. The molecule has 0 saturated heterocycles. The summed E-state index contributed by atoms with van der Waals surface area (Å²) in [4.78, 5) is 0. The molecule has 2 atom stereocenters. The van der Waals surface area contributed by atoms with Gasteiger partial charge in [-0.3, -0.25) is 0 Å². The zero-order valence-corrected chi connectivity index (χ0v) is 14.2. The van der Waals surface area contributed by atoms with E-state index in [-0.39, 0.29) is 11.8 Å². The Kier molecular flexibility index (Phi) is 5.50. The van der Waals surface area contributed by atoms with Crippen LogP contribution in [0.25, 0.3) is 0 Å². The first kappa shape index (κ1) is 16.7. The maximum atomic E-state index is 6.40. The number of hydrogen-bond acceptors (Lipinski definition) is 2. The molecule has 0 heterocycles. The first-order valence-electron chi connectivity index (χ1n) is 6.49. The van der Waals surface area contributed by atoms with Crippen LogP contribution in [0.4, 0.5) is 0 Å². The molecule has 0 aromatic heterocycles. The minimum Gasteiger partial charge on any atom is -0.353 e. The zero-order chi connectivity index (χ0) is 14.9. The third kappa shape index (κ3) is 3.21. The average molecular weight is 358 g/mol. The summed E-state index contributed by atoms with van der Waals surface area (Å²) >= 11 is 24.8. The first-order valence-corrected chi connectivity index (χ1v) is 8.00. The summed E-state index contributed by atoms with van der Waals surface area (Å²) in [5.41, 5.74) is 0.943. The molecule has 0 unspecified atom stereocenters. The Bertz CT molecular complexity index is 472. The van der Waals surface area contributed by atoms with Crippen molar-refractivity contribution in [1.29, 1.82) is 0 Å². The van der Waals surface area contributed by atoms with Crippen molar-refractivity contribution in [2.45, 2.75) is 30.4 Å². The summed E-state index contributed by atoms with van der Waals surface area (Å²) in [5, 5.41) is 0.997. The summed E-state index contributed by atoms with van der Waals surface area (Å²) < 4.78 is 10.3. The van der Waals surface area contributed by atoms with Gasteiger partial charge in [0.05, 0.1) is 16.0 Å². The highest BCUT2D eigenvalue weighted by atomic mass is 35.5. The molecule has 0 amide bonds. The Morgan fingerprint density at radius 3 is 2.20 bits per heavy atom. The van der Waals surface area contributed by atoms with Gasteiger partial charge in [0.2, 0.25) is 0 Å². The molecule has 0 spiro atoms. The normalized spacial score (nSPS) is 24.1. The molecule has 1 aromatic rings. The summed E-state index contributed by atoms with van der Waals surface area (Å²) in [6.45, 7) is 4.90. The molecule has 1 saturated carbocycles. The molecule has 0 aliphatic heterocycles. The lowest BCUT2D eigenvalue weighted by atomic mass is 10.1. The quantitative estimate of drug-likeness (QED) is 0.509. The van der Waals surface area contributed by atoms with Crippen LogP contribution in [0, 0.1) is 5.92 Å². The number of halogens is 4. The van der Waals surface area contributed by atoms with Crippen molar-refractivity contribution in [3.05, 3.63) is 33.8 Å². The number of hydrogen-bond donors (Lipinski definition) is 0. The van der Waals surface area contributed by atoms with Gasteiger partial charge >= 0.3 is 0 Å². The van der Waals surface area contributed by atoms with Gasteiger partial charge in [-0.15, -0.1) is 23.2 Å². The van der Waals surface area contributed by atoms with Gasteiger partial charge in [0.15, 0.2) is 6.29 Å². The van der Waals surface area contributed by atoms with Gasteiger partial charge in [-0.25, -0.2) is 0 Å². The zero-order valence-electron chi connectivity index (χ0n) is 11.2. The molecular weight excluding hydrogens is 342 g/mol. The van der Waals surface area contributed by atoms with E-state index in [1.807, 2.05) is 19.9 Å². The maximum Gasteiger partial charge on any atom is 0.163 e. The van der Waals surface area contributed by atoms with E-state index in [9.17, 15) is 0 Å². The molecule has 0 bridgehead atoms. The van der Waals surface area contributed by atoms with Crippen molar-refractivity contribution in [3.8, 4) is 0 Å². The molecule has 1 aliphatic carbocycles. The third-order valence-electron chi connectivity index (χ3n) is 3.37. The molecular formula is C14H16Cl4O2. The molecule has 20 heavy (non-hydrogen) atoms. The van der Waals surface area contributed by atoms with Gasteiger partial charge in [0, 0.05) is 19.1 Å². The van der Waals surface area contributed by atoms with E-state index in [0.29, 0.717) is 23.3 Å². The van der Waals surface area contributed by atoms with Gasteiger partial charge in [0.25, 0.3) is 0 Å². The molecule has 6 heteroatoms. The number of alkyl halides is 2. The minimum atomic E-state index is -0.911. The highest BCUT2D eigenvalue weighted by molar-refractivity contribution is 6.52. The summed E-state index contributed by atoms with van der Waals surface area (Å²) in [7, 11) is 0. The van der Waals surface area contributed by atoms with Crippen LogP contribution in [0.15, 0.2) is 18.2 Å². The first-order chi connectivity index (χ1) is 9.43. The minimum absolute atomic E-state index is 0.0799. The van der Waals surface area contributed by atoms with Crippen LogP contribution in [-0.2, 0) is 9.47 Å². The fraction of sp³-hybridized carbons (Fsp3) is 0.571. The lowest BCUT2D eigenvalue weighted by Crippen LogP contribution is -2.22. The van der Waals surface area contributed by atoms with E-state index in [4.69, 9.17) is 55.9 Å². The van der Waals surface area contributed by atoms with Gasteiger partial charge < -0.3 is 9.47 Å². The van der Waals surface area contributed by atoms with Gasteiger partial charge in [-0.05, 0) is 31.5 Å². The van der Waals surface area contributed by atoms with Crippen molar-refractivity contribution in [3.63, 3.8) is 0 Å². The van der Waals surface area contributed by atoms with E-state index in [0.717, 1.165) is 5.56 Å². The highest BCUT2D eigenvalue weighted by Gasteiger charge is 2.67. The molecule has 112 valence electrons. The van der Waals surface area contributed by atoms with Crippen LogP contribution in [0.2, 0.25) is 10.0 Å². The second-order valence-electron chi connectivity index (χ2n) is 4.63. The predicted molar refractivity (Wildman–Crippen MR) is 84.2 cm³/mol. The second-order valence-corrected chi connectivity index (χ2v) is 6.89. The van der Waals surface area contributed by atoms with Crippen molar-refractivity contribution in [2.24, 2.45) is 5.92 Å². The fourth-order valence-electron chi connectivity index (χ4n) is 2.41. The van der Waals surface area contributed by atoms with Crippen LogP contribution in [-0.4, -0.2) is 23.8 Å². The van der Waals surface area contributed by atoms with Gasteiger partial charge in [0.1, 0.15) is 4.33 Å². The van der Waals surface area contributed by atoms with Gasteiger partial charge in [-0.2, -0.15) is 0 Å². The Labute approximate surface area is 139 Å². The lowest BCUT2D eigenvalue weighted by Gasteiger charge is -2.17. The van der Waals surface area contributed by atoms with Crippen molar-refractivity contribution in [2.75, 3.05) is 13.2 Å². The van der Waals surface area contributed by atoms with E-state index >= 15 is 0 Å². The fourth-order valence-corrected chi connectivity index (χ4v) is 3.57. The Balaban J connectivity index is 2.21. The molecule has 1 aromatic carbocycles. The van der Waals surface area contributed by atoms with E-state index in [2.05, 4.69) is 0 Å². The number of benzene rings is 1. The SMILES string of the molecule is CCOC(OCC)[C@@H]1[C@@H](c2ccc(Cl)c(Cl)c2)C1(Cl)Cl. The Morgan fingerprint density at radius 2 is 1.70 bits per heavy atom. The second kappa shape index (κ2) is 6.60. The van der Waals surface area contributed by atoms with Gasteiger partial charge in [-0.1, -0.05) is 29.3 Å². The predicted octanol–water partition coefficient (Wildman–Crippen LogP) is 5.28. The summed E-state index contributed by atoms with van der Waals surface area (Å²) in [6, 6.07) is 5.42. The monoisotopic (exact) mass is 356 g/mol. The largest absolute Gasteiger partial charge is 0.353 e. The van der Waals surface area contributed by atoms with Crippen molar-refractivity contribution < 1.29 is 9.47 Å². The number of rotatable bonds is 6. The van der Waals surface area contributed by atoms with Crippen molar-refractivity contribution in [1.82, 2.24) is 0 Å². The topological polar surface area (TPSA) is 18.5 Å². The van der Waals surface area contributed by atoms with E-state index in [1.165, 1.54) is 0 Å². The average Bonchev–Trinajstić information content (AvgIpc) is 2.95. The molecule has 1 fully saturated rings. The van der Waals surface area contributed by atoms with Crippen LogP contribution in [0.5, 0.6) is 0 Å². The van der Waals surface area contributed by atoms with Crippen LogP contribution in [0.1, 0.15) is 25.3 Å². The van der Waals surface area contributed by atoms with E-state index < -0.39 is 10.6 Å². The number of ether oxygens (including phenoxy) is 2. The maximum absolute atomic E-state index is 6.40. The smallest absolute Gasteiger partial charge is 0.163 e. The van der Waals surface area contributed by atoms with Crippen LogP contribution >= 0.6 is 46.4 Å². The van der Waals surface area contributed by atoms with Crippen LogP contribution < -0.4 is 0 Å². The molecule has 2 nitrogen and oxygen atoms in total. The molecule has 1 aliphatic rings. The standard InChI is InChI=1S/C14H16Cl4O2/c1-3-19-13(20-4-2)12-11(14(12,17)18)8-5-6-9(15)10(16)7-8/h5-7,11-13H,3-4H2,1-2H3/t11-,12+/m1/s1. The lowest BCUT2D eigenvalue weighted by molar-refractivity contribution is -0.149. The van der Waals surface area contributed by atoms with E-state index in [1.54, 1.807) is 12.1 Å². The van der Waals surface area contributed by atoms with Crippen molar-refractivity contribution >= 4 is 46.4 Å². The molecule has 2 rings (SSSR count). The molecule has 0 N–H and O–H groups in total. The molecule has 0 radical (unpaired) electrons. The summed E-state index contributed by atoms with van der Waals surface area (Å²) in [6.07, 6.45) is -0.417. The van der Waals surface area contributed by atoms with Crippen LogP contribution in [0.3, 0.4) is 0 Å².